The maximum absolute atomic E-state index is 13.6. The average Bonchev–Trinajstić information content (AvgIpc) is 2.80. The number of nitrogens with zero attached hydrogens (tertiary/aromatic N) is 2. The summed E-state index contributed by atoms with van der Waals surface area (Å²) in [5, 5.41) is 17.7. The molecule has 5 rings (SSSR count). The van der Waals surface area contributed by atoms with Crippen LogP contribution in [0.4, 0.5) is 11.4 Å². The molecule has 0 saturated carbocycles. The zero-order chi connectivity index (χ0) is 22.4. The van der Waals surface area contributed by atoms with Crippen molar-refractivity contribution >= 4 is 40.1 Å². The van der Waals surface area contributed by atoms with Crippen molar-refractivity contribution in [2.45, 2.75) is 11.8 Å². The first-order valence-corrected chi connectivity index (χ1v) is 10.4. The van der Waals surface area contributed by atoms with Crippen LogP contribution in [-0.4, -0.2) is 15.3 Å². The molecule has 0 amide bonds. The number of ketones is 1. The van der Waals surface area contributed by atoms with Crippen LogP contribution in [0.15, 0.2) is 64.3 Å². The van der Waals surface area contributed by atoms with Gasteiger partial charge in [0.1, 0.15) is 0 Å². The molecule has 160 valence electrons. The van der Waals surface area contributed by atoms with Crippen molar-refractivity contribution < 1.29 is 49.0 Å². The Morgan fingerprint density at radius 3 is 2.52 bits per heavy atom. The number of carbonyl (C=O) groups is 1. The number of hydrogen-bond acceptors (Lipinski definition) is 8. The van der Waals surface area contributed by atoms with Gasteiger partial charge >= 0.3 is 35.2 Å². The van der Waals surface area contributed by atoms with Crippen LogP contribution in [-0.2, 0) is 16.4 Å². The number of carbonyl (C=O) groups excluding carboxylic acids is 1. The van der Waals surface area contributed by atoms with Gasteiger partial charge in [-0.05, 0) is 36.8 Å². The van der Waals surface area contributed by atoms with Gasteiger partial charge in [0.05, 0.1) is 45.1 Å². The van der Waals surface area contributed by atoms with E-state index in [9.17, 15) is 14.8 Å². The summed E-state index contributed by atoms with van der Waals surface area (Å²) >= 11 is 0.769. The van der Waals surface area contributed by atoms with E-state index >= 15 is 0 Å². The van der Waals surface area contributed by atoms with Crippen LogP contribution in [0.3, 0.4) is 0 Å². The molecule has 0 atom stereocenters. The van der Waals surface area contributed by atoms with E-state index in [1.54, 1.807) is 37.4 Å². The third-order valence-electron chi connectivity index (χ3n) is 5.49. The third kappa shape index (κ3) is 4.02. The van der Waals surface area contributed by atoms with Crippen LogP contribution in [0.2, 0.25) is 0 Å². The Kier molecular flexibility index (Phi) is 6.73. The van der Waals surface area contributed by atoms with Gasteiger partial charge in [0, 0.05) is 23.6 Å². The number of fused-ring (bicyclic) bond motifs is 2. The maximum Gasteiger partial charge on any atom is 1.00 e. The zero-order valence-corrected chi connectivity index (χ0v) is 20.9. The molecule has 8 nitrogen and oxygen atoms in total. The van der Waals surface area contributed by atoms with Gasteiger partial charge in [-0.15, -0.1) is 0 Å². The number of rotatable bonds is 5. The van der Waals surface area contributed by atoms with Gasteiger partial charge in [-0.25, -0.2) is 4.79 Å². The number of hydrogen-bond donors (Lipinski definition) is 1. The van der Waals surface area contributed by atoms with E-state index in [0.29, 0.717) is 49.6 Å². The molecule has 1 aliphatic rings. The predicted molar refractivity (Wildman–Crippen MR) is 118 cm³/mol. The summed E-state index contributed by atoms with van der Waals surface area (Å²) < 4.78 is 5.94. The van der Waals surface area contributed by atoms with Gasteiger partial charge in [0.25, 0.3) is 0 Å². The summed E-state index contributed by atoms with van der Waals surface area (Å²) in [6, 6.07) is 16.2. The fraction of sp³-hybridized carbons (Fsp3) is 0.0870. The summed E-state index contributed by atoms with van der Waals surface area (Å²) in [7, 11) is 1.63. The Hall–Kier alpha value is -2.50. The molecule has 0 unspecified atom stereocenters. The molecule has 10 heteroatoms. The molecular weight excluding hydrogens is 453 g/mol. The molecule has 0 radical (unpaired) electrons. The average molecular weight is 469 g/mol. The van der Waals surface area contributed by atoms with E-state index in [1.165, 1.54) is 4.57 Å². The van der Waals surface area contributed by atoms with Crippen molar-refractivity contribution in [3.05, 3.63) is 81.8 Å². The number of aromatic nitrogens is 2. The standard InChI is InChI=1S/C23H17N3O5S.Na/c1-12-7-8-15(18(11-12)32-31-30-29)24-16-9-10-17-20-19(16)22(27)14-6-4-3-5-13(14)21(20)25-23(28)26(17)2;/h3-11,24,29H,1-2H3;/q;+1/p-1. The molecule has 1 heterocycles. The van der Waals surface area contributed by atoms with E-state index < -0.39 is 5.69 Å². The second-order valence-corrected chi connectivity index (χ2v) is 8.15. The van der Waals surface area contributed by atoms with Crippen molar-refractivity contribution in [3.8, 4) is 11.3 Å². The van der Waals surface area contributed by atoms with E-state index in [1.807, 2.05) is 31.2 Å². The zero-order valence-electron chi connectivity index (χ0n) is 18.0. The van der Waals surface area contributed by atoms with Crippen molar-refractivity contribution in [1.82, 2.24) is 9.55 Å². The van der Waals surface area contributed by atoms with Crippen molar-refractivity contribution in [2.75, 3.05) is 5.32 Å². The topological polar surface area (TPSA) is 106 Å². The van der Waals surface area contributed by atoms with Crippen LogP contribution in [0, 0.1) is 6.92 Å². The van der Waals surface area contributed by atoms with Crippen LogP contribution in [0.1, 0.15) is 21.5 Å². The molecule has 0 saturated heterocycles. The summed E-state index contributed by atoms with van der Waals surface area (Å²) in [6.07, 6.45) is 0. The van der Waals surface area contributed by atoms with Crippen molar-refractivity contribution in [2.24, 2.45) is 7.05 Å². The fourth-order valence-corrected chi connectivity index (χ4v) is 4.54. The molecule has 3 aromatic carbocycles. The van der Waals surface area contributed by atoms with Crippen LogP contribution >= 0.6 is 12.0 Å². The first-order chi connectivity index (χ1) is 15.5. The molecule has 0 spiro atoms. The number of aryl methyl sites for hydroxylation is 2. The van der Waals surface area contributed by atoms with Crippen molar-refractivity contribution in [1.29, 1.82) is 0 Å². The number of anilines is 2. The molecule has 0 bridgehead atoms. The molecule has 1 aromatic heterocycles. The molecule has 4 aromatic rings. The maximum atomic E-state index is 13.6. The smallest absolute Gasteiger partial charge is 0.691 e. The van der Waals surface area contributed by atoms with Crippen LogP contribution < -0.4 is 45.8 Å². The SMILES string of the molecule is Cc1ccc(Nc2ccc3c4c(nc(=O)n3C)-c3ccccc3C(=O)c24)c(SOO[O-])c1.[Na+]. The van der Waals surface area contributed by atoms with Gasteiger partial charge in [-0.1, -0.05) is 30.3 Å². The second-order valence-electron chi connectivity index (χ2n) is 7.40. The predicted octanol–water partition coefficient (Wildman–Crippen LogP) is 0.432. The van der Waals surface area contributed by atoms with Gasteiger partial charge in [0.15, 0.2) is 5.78 Å². The van der Waals surface area contributed by atoms with Gasteiger partial charge in [-0.2, -0.15) is 9.32 Å². The first-order valence-electron chi connectivity index (χ1n) is 9.68. The summed E-state index contributed by atoms with van der Waals surface area (Å²) in [5.74, 6) is -0.165. The summed E-state index contributed by atoms with van der Waals surface area (Å²) in [4.78, 5) is 30.9. The molecular formula is C23H16N3NaO5S. The third-order valence-corrected chi connectivity index (χ3v) is 6.13. The molecule has 33 heavy (non-hydrogen) atoms. The van der Waals surface area contributed by atoms with Gasteiger partial charge in [0.2, 0.25) is 0 Å². The van der Waals surface area contributed by atoms with E-state index in [4.69, 9.17) is 0 Å². The molecule has 0 aliphatic heterocycles. The minimum absolute atomic E-state index is 0. The minimum Gasteiger partial charge on any atom is -0.691 e. The number of benzene rings is 3. The largest absolute Gasteiger partial charge is 1.00 e. The molecule has 1 N–H and O–H groups in total. The monoisotopic (exact) mass is 469 g/mol. The van der Waals surface area contributed by atoms with Crippen LogP contribution in [0.5, 0.6) is 0 Å². The quantitative estimate of drug-likeness (QED) is 0.171. The van der Waals surface area contributed by atoms with E-state index in [2.05, 4.69) is 19.7 Å². The minimum atomic E-state index is -0.393. The molecule has 1 aliphatic carbocycles. The normalized spacial score (nSPS) is 11.8. The Labute approximate surface area is 214 Å². The fourth-order valence-electron chi connectivity index (χ4n) is 4.00. The Balaban J connectivity index is 0.00000259. The Morgan fingerprint density at radius 1 is 1.03 bits per heavy atom. The van der Waals surface area contributed by atoms with E-state index in [0.717, 1.165) is 17.6 Å². The Morgan fingerprint density at radius 2 is 1.76 bits per heavy atom. The summed E-state index contributed by atoms with van der Waals surface area (Å²) in [6.45, 7) is 1.91. The Bertz CT molecular complexity index is 1470. The molecule has 0 fully saturated rings. The van der Waals surface area contributed by atoms with Crippen molar-refractivity contribution in [3.63, 3.8) is 0 Å². The van der Waals surface area contributed by atoms with Gasteiger partial charge < -0.3 is 10.6 Å². The summed E-state index contributed by atoms with van der Waals surface area (Å²) in [5.41, 5.74) is 4.39. The first kappa shape index (κ1) is 23.7. The van der Waals surface area contributed by atoms with Gasteiger partial charge in [-0.3, -0.25) is 14.4 Å². The number of nitrogens with one attached hydrogen (secondary N) is 1. The second kappa shape index (κ2) is 9.40. The van der Waals surface area contributed by atoms with Crippen LogP contribution in [0.25, 0.3) is 22.2 Å². The van der Waals surface area contributed by atoms with E-state index in [-0.39, 0.29) is 35.3 Å².